The molecule has 106 valence electrons. The fourth-order valence-corrected chi connectivity index (χ4v) is 2.45. The first-order valence-corrected chi connectivity index (χ1v) is 7.03. The summed E-state index contributed by atoms with van der Waals surface area (Å²) >= 11 is 0. The van der Waals surface area contributed by atoms with E-state index in [1.165, 1.54) is 5.69 Å². The molecule has 3 heteroatoms. The average molecular weight is 277 g/mol. The molecule has 3 rings (SSSR count). The molecule has 1 heterocycles. The largest absolute Gasteiger partial charge is 0.378 e. The standard InChI is InChI=1S/C18H19N3/c1-21(2)16-9-7-14(8-10-16)18(19)15-6-5-13-4-3-11-20-17(13)12-15/h3-12,18H,19H2,1-2H3. The van der Waals surface area contributed by atoms with Crippen molar-refractivity contribution < 1.29 is 0 Å². The van der Waals surface area contributed by atoms with Crippen LogP contribution in [0.15, 0.2) is 60.8 Å². The summed E-state index contributed by atoms with van der Waals surface area (Å²) in [6, 6.07) is 18.5. The fourth-order valence-electron chi connectivity index (χ4n) is 2.45. The lowest BCUT2D eigenvalue weighted by atomic mass is 9.98. The van der Waals surface area contributed by atoms with E-state index < -0.39 is 0 Å². The van der Waals surface area contributed by atoms with Crippen molar-refractivity contribution in [1.29, 1.82) is 0 Å². The molecule has 0 amide bonds. The maximum Gasteiger partial charge on any atom is 0.0705 e. The van der Waals surface area contributed by atoms with Crippen molar-refractivity contribution in [2.45, 2.75) is 6.04 Å². The van der Waals surface area contributed by atoms with E-state index in [0.717, 1.165) is 22.0 Å². The van der Waals surface area contributed by atoms with E-state index in [1.807, 2.05) is 26.4 Å². The van der Waals surface area contributed by atoms with Crippen LogP contribution in [-0.2, 0) is 0 Å². The van der Waals surface area contributed by atoms with Crippen molar-refractivity contribution in [3.63, 3.8) is 0 Å². The molecule has 21 heavy (non-hydrogen) atoms. The van der Waals surface area contributed by atoms with Gasteiger partial charge in [-0.3, -0.25) is 4.98 Å². The first-order valence-electron chi connectivity index (χ1n) is 7.03. The van der Waals surface area contributed by atoms with Crippen LogP contribution in [0.4, 0.5) is 5.69 Å². The maximum atomic E-state index is 6.39. The molecule has 0 aliphatic carbocycles. The van der Waals surface area contributed by atoms with Gasteiger partial charge >= 0.3 is 0 Å². The van der Waals surface area contributed by atoms with Gasteiger partial charge in [-0.05, 0) is 35.4 Å². The van der Waals surface area contributed by atoms with Gasteiger partial charge in [0.2, 0.25) is 0 Å². The molecule has 0 fully saturated rings. The van der Waals surface area contributed by atoms with Gasteiger partial charge in [0.25, 0.3) is 0 Å². The van der Waals surface area contributed by atoms with Crippen molar-refractivity contribution >= 4 is 16.6 Å². The van der Waals surface area contributed by atoms with Crippen LogP contribution in [0.5, 0.6) is 0 Å². The maximum absolute atomic E-state index is 6.39. The minimum atomic E-state index is -0.132. The van der Waals surface area contributed by atoms with Gasteiger partial charge in [0.15, 0.2) is 0 Å². The van der Waals surface area contributed by atoms with E-state index in [4.69, 9.17) is 5.73 Å². The van der Waals surface area contributed by atoms with Crippen molar-refractivity contribution in [1.82, 2.24) is 4.98 Å². The van der Waals surface area contributed by atoms with Gasteiger partial charge in [-0.2, -0.15) is 0 Å². The quantitative estimate of drug-likeness (QED) is 0.798. The van der Waals surface area contributed by atoms with Crippen molar-refractivity contribution in [2.24, 2.45) is 5.73 Å². The van der Waals surface area contributed by atoms with Crippen LogP contribution in [0.3, 0.4) is 0 Å². The van der Waals surface area contributed by atoms with Crippen molar-refractivity contribution in [3.8, 4) is 0 Å². The zero-order chi connectivity index (χ0) is 14.8. The molecule has 0 bridgehead atoms. The van der Waals surface area contributed by atoms with E-state index in [9.17, 15) is 0 Å². The highest BCUT2D eigenvalue weighted by molar-refractivity contribution is 5.79. The second kappa shape index (κ2) is 5.54. The molecule has 0 spiro atoms. The first kappa shape index (κ1) is 13.6. The van der Waals surface area contributed by atoms with Crippen LogP contribution in [0, 0.1) is 0 Å². The topological polar surface area (TPSA) is 42.1 Å². The molecular weight excluding hydrogens is 258 g/mol. The monoisotopic (exact) mass is 277 g/mol. The summed E-state index contributed by atoms with van der Waals surface area (Å²) in [5.74, 6) is 0. The number of nitrogens with two attached hydrogens (primary N) is 1. The second-order valence-corrected chi connectivity index (χ2v) is 5.42. The molecule has 3 aromatic rings. The highest BCUT2D eigenvalue weighted by Crippen LogP contribution is 2.24. The van der Waals surface area contributed by atoms with Crippen LogP contribution in [0.1, 0.15) is 17.2 Å². The van der Waals surface area contributed by atoms with Crippen LogP contribution in [0.25, 0.3) is 10.9 Å². The summed E-state index contributed by atoms with van der Waals surface area (Å²) in [6.07, 6.45) is 1.81. The summed E-state index contributed by atoms with van der Waals surface area (Å²) < 4.78 is 0. The number of hydrogen-bond acceptors (Lipinski definition) is 3. The molecular formula is C18H19N3. The normalized spacial score (nSPS) is 12.3. The Morgan fingerprint density at radius 1 is 0.952 bits per heavy atom. The van der Waals surface area contributed by atoms with Gasteiger partial charge in [0.05, 0.1) is 11.6 Å². The Labute approximate surface area is 125 Å². The number of hydrogen-bond donors (Lipinski definition) is 1. The number of rotatable bonds is 3. The Balaban J connectivity index is 1.93. The summed E-state index contributed by atoms with van der Waals surface area (Å²) in [5, 5.41) is 1.14. The summed E-state index contributed by atoms with van der Waals surface area (Å²) in [7, 11) is 4.06. The smallest absolute Gasteiger partial charge is 0.0705 e. The minimum Gasteiger partial charge on any atom is -0.378 e. The zero-order valence-electron chi connectivity index (χ0n) is 12.3. The molecule has 0 saturated carbocycles. The number of nitrogens with zero attached hydrogens (tertiary/aromatic N) is 2. The van der Waals surface area contributed by atoms with Crippen LogP contribution >= 0.6 is 0 Å². The second-order valence-electron chi connectivity index (χ2n) is 5.42. The summed E-state index contributed by atoms with van der Waals surface area (Å²) in [4.78, 5) is 6.47. The number of anilines is 1. The van der Waals surface area contributed by atoms with Crippen molar-refractivity contribution in [3.05, 3.63) is 71.9 Å². The number of benzene rings is 2. The molecule has 3 nitrogen and oxygen atoms in total. The predicted octanol–water partition coefficient (Wildman–Crippen LogP) is 3.35. The lowest BCUT2D eigenvalue weighted by molar-refractivity contribution is 0.872. The summed E-state index contributed by atoms with van der Waals surface area (Å²) in [5.41, 5.74) is 10.7. The molecule has 1 aromatic heterocycles. The molecule has 0 aliphatic heterocycles. The molecule has 0 radical (unpaired) electrons. The van der Waals surface area contributed by atoms with Crippen LogP contribution in [0.2, 0.25) is 0 Å². The van der Waals surface area contributed by atoms with E-state index in [-0.39, 0.29) is 6.04 Å². The first-order chi connectivity index (χ1) is 10.1. The summed E-state index contributed by atoms with van der Waals surface area (Å²) in [6.45, 7) is 0. The van der Waals surface area contributed by atoms with E-state index in [1.54, 1.807) is 0 Å². The van der Waals surface area contributed by atoms with Gasteiger partial charge in [0.1, 0.15) is 0 Å². The van der Waals surface area contributed by atoms with E-state index in [0.29, 0.717) is 0 Å². The Hall–Kier alpha value is -2.39. The molecule has 0 saturated heterocycles. The predicted molar refractivity (Wildman–Crippen MR) is 88.5 cm³/mol. The Kier molecular flexibility index (Phi) is 3.59. The van der Waals surface area contributed by atoms with E-state index >= 15 is 0 Å². The molecule has 1 atom stereocenters. The van der Waals surface area contributed by atoms with Crippen LogP contribution < -0.4 is 10.6 Å². The third-order valence-corrected chi connectivity index (χ3v) is 3.76. The van der Waals surface area contributed by atoms with Crippen LogP contribution in [-0.4, -0.2) is 19.1 Å². The highest BCUT2D eigenvalue weighted by atomic mass is 15.1. The number of fused-ring (bicyclic) bond motifs is 1. The van der Waals surface area contributed by atoms with E-state index in [2.05, 4.69) is 58.4 Å². The Morgan fingerprint density at radius 2 is 1.67 bits per heavy atom. The van der Waals surface area contributed by atoms with Gasteiger partial charge in [-0.1, -0.05) is 30.3 Å². The van der Waals surface area contributed by atoms with Crippen molar-refractivity contribution in [2.75, 3.05) is 19.0 Å². The average Bonchev–Trinajstić information content (AvgIpc) is 2.54. The SMILES string of the molecule is CN(C)c1ccc(C(N)c2ccc3cccnc3c2)cc1. The highest BCUT2D eigenvalue weighted by Gasteiger charge is 2.10. The molecule has 2 aromatic carbocycles. The van der Waals surface area contributed by atoms with Gasteiger partial charge in [-0.15, -0.1) is 0 Å². The van der Waals surface area contributed by atoms with Gasteiger partial charge in [0, 0.05) is 31.4 Å². The Bertz CT molecular complexity index is 748. The zero-order valence-corrected chi connectivity index (χ0v) is 12.3. The minimum absolute atomic E-state index is 0.132. The lowest BCUT2D eigenvalue weighted by Crippen LogP contribution is -2.13. The number of aromatic nitrogens is 1. The van der Waals surface area contributed by atoms with Gasteiger partial charge < -0.3 is 10.6 Å². The van der Waals surface area contributed by atoms with Gasteiger partial charge in [-0.25, -0.2) is 0 Å². The molecule has 0 aliphatic rings. The third-order valence-electron chi connectivity index (χ3n) is 3.76. The number of pyridine rings is 1. The molecule has 1 unspecified atom stereocenters. The Morgan fingerprint density at radius 3 is 2.38 bits per heavy atom. The fraction of sp³-hybridized carbons (Fsp3) is 0.167. The lowest BCUT2D eigenvalue weighted by Gasteiger charge is -2.16. The molecule has 2 N–H and O–H groups in total. The third kappa shape index (κ3) is 2.73.